The molecule has 0 bridgehead atoms. The Balaban J connectivity index is 1.26. The van der Waals surface area contributed by atoms with Gasteiger partial charge in [-0.25, -0.2) is 0 Å². The van der Waals surface area contributed by atoms with E-state index in [4.69, 9.17) is 9.47 Å². The van der Waals surface area contributed by atoms with Gasteiger partial charge in [0.2, 0.25) is 11.8 Å². The van der Waals surface area contributed by atoms with Crippen molar-refractivity contribution in [2.24, 2.45) is 5.92 Å². The van der Waals surface area contributed by atoms with E-state index < -0.39 is 6.10 Å². The molecule has 2 amide bonds. The fourth-order valence-corrected chi connectivity index (χ4v) is 5.62. The zero-order valence-corrected chi connectivity index (χ0v) is 18.6. The van der Waals surface area contributed by atoms with E-state index in [1.807, 2.05) is 18.2 Å². The molecule has 4 aliphatic rings. The smallest absolute Gasteiger partial charge is 0.227 e. The molecule has 3 fully saturated rings. The third kappa shape index (κ3) is 4.50. The Morgan fingerprint density at radius 3 is 2.59 bits per heavy atom. The molecule has 4 atom stereocenters. The van der Waals surface area contributed by atoms with Gasteiger partial charge >= 0.3 is 0 Å². The summed E-state index contributed by atoms with van der Waals surface area (Å²) in [6.45, 7) is -0.152. The molecule has 1 saturated heterocycles. The van der Waals surface area contributed by atoms with Crippen LogP contribution in [0.1, 0.15) is 75.7 Å². The Kier molecular flexibility index (Phi) is 6.37. The van der Waals surface area contributed by atoms with E-state index in [9.17, 15) is 14.7 Å². The molecule has 174 valence electrons. The van der Waals surface area contributed by atoms with Crippen molar-refractivity contribution in [3.63, 3.8) is 0 Å². The Morgan fingerprint density at radius 2 is 1.88 bits per heavy atom. The van der Waals surface area contributed by atoms with Crippen molar-refractivity contribution in [1.82, 2.24) is 5.32 Å². The second-order valence-electron chi connectivity index (χ2n) is 9.88. The van der Waals surface area contributed by atoms with Gasteiger partial charge in [0.1, 0.15) is 18.0 Å². The number of anilines is 1. The van der Waals surface area contributed by atoms with Crippen LogP contribution in [0.4, 0.5) is 5.69 Å². The molecule has 5 rings (SSSR count). The quantitative estimate of drug-likeness (QED) is 0.628. The van der Waals surface area contributed by atoms with Crippen molar-refractivity contribution in [1.29, 1.82) is 0 Å². The van der Waals surface area contributed by atoms with Crippen LogP contribution in [0.25, 0.3) is 0 Å². The van der Waals surface area contributed by atoms with Gasteiger partial charge in [-0.3, -0.25) is 9.59 Å². The molecule has 7 heteroatoms. The van der Waals surface area contributed by atoms with E-state index in [-0.39, 0.29) is 48.5 Å². The summed E-state index contributed by atoms with van der Waals surface area (Å²) >= 11 is 0. The molecule has 0 radical (unpaired) electrons. The van der Waals surface area contributed by atoms with Gasteiger partial charge in [-0.05, 0) is 50.3 Å². The van der Waals surface area contributed by atoms with Crippen molar-refractivity contribution < 1.29 is 24.2 Å². The minimum absolute atomic E-state index is 0.0256. The number of carbonyl (C=O) groups excluding carboxylic acids is 2. The monoisotopic (exact) mass is 442 g/mol. The van der Waals surface area contributed by atoms with Crippen LogP contribution in [-0.4, -0.2) is 47.9 Å². The van der Waals surface area contributed by atoms with E-state index in [2.05, 4.69) is 10.6 Å². The van der Waals surface area contributed by atoms with Gasteiger partial charge in [0.25, 0.3) is 0 Å². The number of benzene rings is 1. The second-order valence-corrected chi connectivity index (χ2v) is 9.88. The Morgan fingerprint density at radius 1 is 1.06 bits per heavy atom. The molecule has 7 nitrogen and oxygen atoms in total. The SMILES string of the molecule is O=C(C[C@@H]1C[C@H]2c3cc(NC(=O)C4CCC4)ccc3O[C@H]2[C@@H](CO)O1)NC1CCCCC1. The number of fused-ring (bicyclic) bond motifs is 3. The van der Waals surface area contributed by atoms with Crippen molar-refractivity contribution in [2.45, 2.75) is 94.5 Å². The highest BCUT2D eigenvalue weighted by Gasteiger charge is 2.46. The minimum atomic E-state index is -0.471. The summed E-state index contributed by atoms with van der Waals surface area (Å²) < 4.78 is 12.2. The number of hydrogen-bond donors (Lipinski definition) is 3. The lowest BCUT2D eigenvalue weighted by Crippen LogP contribution is -2.48. The number of rotatable bonds is 6. The first-order valence-electron chi connectivity index (χ1n) is 12.3. The lowest BCUT2D eigenvalue weighted by molar-refractivity contribution is -0.142. The lowest BCUT2D eigenvalue weighted by Gasteiger charge is -2.37. The summed E-state index contributed by atoms with van der Waals surface area (Å²) in [5.41, 5.74) is 1.81. The molecular formula is C25H34N2O5. The van der Waals surface area contributed by atoms with Crippen molar-refractivity contribution >= 4 is 17.5 Å². The van der Waals surface area contributed by atoms with E-state index >= 15 is 0 Å². The predicted octanol–water partition coefficient (Wildman–Crippen LogP) is 3.26. The summed E-state index contributed by atoms with van der Waals surface area (Å²) in [4.78, 5) is 25.0. The van der Waals surface area contributed by atoms with Crippen LogP contribution in [0.5, 0.6) is 5.75 Å². The molecule has 32 heavy (non-hydrogen) atoms. The number of aliphatic hydroxyl groups is 1. The summed E-state index contributed by atoms with van der Waals surface area (Å²) in [5, 5.41) is 16.1. The van der Waals surface area contributed by atoms with Gasteiger partial charge in [-0.2, -0.15) is 0 Å². The second kappa shape index (κ2) is 9.40. The summed E-state index contributed by atoms with van der Waals surface area (Å²) in [5.74, 6) is 1.04. The van der Waals surface area contributed by atoms with Crippen molar-refractivity contribution in [3.05, 3.63) is 23.8 Å². The maximum atomic E-state index is 12.7. The molecular weight excluding hydrogens is 408 g/mol. The normalized spacial score (nSPS) is 29.9. The first kappa shape index (κ1) is 21.7. The molecule has 1 aromatic carbocycles. The number of carbonyl (C=O) groups is 2. The molecule has 0 spiro atoms. The fraction of sp³-hybridized carbons (Fsp3) is 0.680. The van der Waals surface area contributed by atoms with Crippen molar-refractivity contribution in [2.75, 3.05) is 11.9 Å². The van der Waals surface area contributed by atoms with E-state index in [0.29, 0.717) is 12.8 Å². The lowest BCUT2D eigenvalue weighted by atomic mass is 9.83. The topological polar surface area (TPSA) is 96.9 Å². The van der Waals surface area contributed by atoms with Crippen LogP contribution in [0.15, 0.2) is 18.2 Å². The Bertz CT molecular complexity index is 849. The van der Waals surface area contributed by atoms with E-state index in [1.165, 1.54) is 19.3 Å². The first-order chi connectivity index (χ1) is 15.6. The van der Waals surface area contributed by atoms with Crippen LogP contribution in [-0.2, 0) is 14.3 Å². The zero-order chi connectivity index (χ0) is 22.1. The molecule has 0 unspecified atom stereocenters. The standard InChI is InChI=1S/C25H34N2O5/c28-14-22-24-20(12-18(31-22)13-23(29)26-16-7-2-1-3-8-16)19-11-17(9-10-21(19)32-24)27-25(30)15-5-4-6-15/h9-11,15-16,18,20,22,24,28H,1-8,12-14H2,(H,26,29)(H,27,30)/t18-,20-,22+,24+/m0/s1. The Hall–Kier alpha value is -2.12. The number of nitrogens with one attached hydrogen (secondary N) is 2. The summed E-state index contributed by atoms with van der Waals surface area (Å²) in [6, 6.07) is 6.04. The van der Waals surface area contributed by atoms with Crippen LogP contribution < -0.4 is 15.4 Å². The maximum Gasteiger partial charge on any atom is 0.227 e. The van der Waals surface area contributed by atoms with Gasteiger partial charge in [-0.1, -0.05) is 25.7 Å². The highest BCUT2D eigenvalue weighted by Crippen LogP contribution is 2.47. The average Bonchev–Trinajstić information content (AvgIpc) is 3.10. The van der Waals surface area contributed by atoms with E-state index in [0.717, 1.165) is 49.1 Å². The van der Waals surface area contributed by atoms with Gasteiger partial charge < -0.3 is 25.2 Å². The number of ether oxygens (including phenoxy) is 2. The van der Waals surface area contributed by atoms with Crippen LogP contribution in [0.3, 0.4) is 0 Å². The Labute approximate surface area is 189 Å². The van der Waals surface area contributed by atoms with Crippen LogP contribution >= 0.6 is 0 Å². The van der Waals surface area contributed by atoms with Gasteiger partial charge in [0.05, 0.1) is 19.1 Å². The summed E-state index contributed by atoms with van der Waals surface area (Å²) in [7, 11) is 0. The minimum Gasteiger partial charge on any atom is -0.487 e. The first-order valence-corrected chi connectivity index (χ1v) is 12.3. The molecule has 0 aromatic heterocycles. The third-order valence-electron chi connectivity index (χ3n) is 7.63. The van der Waals surface area contributed by atoms with E-state index in [1.54, 1.807) is 0 Å². The zero-order valence-electron chi connectivity index (χ0n) is 18.6. The third-order valence-corrected chi connectivity index (χ3v) is 7.63. The number of hydrogen-bond acceptors (Lipinski definition) is 5. The largest absolute Gasteiger partial charge is 0.487 e. The van der Waals surface area contributed by atoms with Crippen LogP contribution in [0, 0.1) is 5.92 Å². The van der Waals surface area contributed by atoms with Gasteiger partial charge in [-0.15, -0.1) is 0 Å². The van der Waals surface area contributed by atoms with Crippen molar-refractivity contribution in [3.8, 4) is 5.75 Å². The molecule has 2 heterocycles. The average molecular weight is 443 g/mol. The van der Waals surface area contributed by atoms with Gasteiger partial charge in [0.15, 0.2) is 0 Å². The highest BCUT2D eigenvalue weighted by atomic mass is 16.6. The summed E-state index contributed by atoms with van der Waals surface area (Å²) in [6.07, 6.45) is 8.71. The van der Waals surface area contributed by atoms with Crippen LogP contribution in [0.2, 0.25) is 0 Å². The number of amides is 2. The molecule has 2 saturated carbocycles. The molecule has 1 aromatic rings. The predicted molar refractivity (Wildman–Crippen MR) is 120 cm³/mol. The molecule has 2 aliphatic carbocycles. The fourth-order valence-electron chi connectivity index (χ4n) is 5.62. The molecule has 3 N–H and O–H groups in total. The maximum absolute atomic E-state index is 12.7. The molecule has 2 aliphatic heterocycles. The van der Waals surface area contributed by atoms with Gasteiger partial charge in [0, 0.05) is 29.1 Å². The highest BCUT2D eigenvalue weighted by molar-refractivity contribution is 5.93. The number of aliphatic hydroxyl groups excluding tert-OH is 1.